The minimum Gasteiger partial charge on any atom is -0.314 e. The van der Waals surface area contributed by atoms with Crippen molar-refractivity contribution in [2.45, 2.75) is 84.1 Å². The first-order valence-corrected chi connectivity index (χ1v) is 7.61. The molecule has 1 fully saturated rings. The summed E-state index contributed by atoms with van der Waals surface area (Å²) in [5.41, 5.74) is 0. The van der Waals surface area contributed by atoms with Gasteiger partial charge in [0.25, 0.3) is 0 Å². The quantitative estimate of drug-likeness (QED) is 0.510. The SMILES string of the molecule is CCCCCCCCCC(NCC)C1CC1. The van der Waals surface area contributed by atoms with Crippen molar-refractivity contribution < 1.29 is 0 Å². The van der Waals surface area contributed by atoms with E-state index < -0.39 is 0 Å². The minimum atomic E-state index is 0.848. The Balaban J connectivity index is 1.88. The summed E-state index contributed by atoms with van der Waals surface area (Å²) in [6, 6.07) is 0.848. The number of unbranched alkanes of at least 4 members (excludes halogenated alkanes) is 6. The van der Waals surface area contributed by atoms with Crippen molar-refractivity contribution in [3.63, 3.8) is 0 Å². The molecule has 1 rings (SSSR count). The van der Waals surface area contributed by atoms with Gasteiger partial charge in [0, 0.05) is 6.04 Å². The molecule has 0 amide bonds. The number of rotatable bonds is 11. The van der Waals surface area contributed by atoms with Crippen LogP contribution in [0.5, 0.6) is 0 Å². The first-order chi connectivity index (χ1) is 7.88. The van der Waals surface area contributed by atoms with E-state index in [0.29, 0.717) is 0 Å². The van der Waals surface area contributed by atoms with Crippen LogP contribution >= 0.6 is 0 Å². The maximum atomic E-state index is 3.66. The van der Waals surface area contributed by atoms with Crippen LogP contribution in [-0.2, 0) is 0 Å². The van der Waals surface area contributed by atoms with E-state index in [2.05, 4.69) is 19.2 Å². The van der Waals surface area contributed by atoms with E-state index >= 15 is 0 Å². The number of hydrogen-bond acceptors (Lipinski definition) is 1. The van der Waals surface area contributed by atoms with Gasteiger partial charge in [0.05, 0.1) is 0 Å². The molecule has 1 aliphatic rings. The van der Waals surface area contributed by atoms with Gasteiger partial charge in [-0.1, -0.05) is 58.8 Å². The maximum Gasteiger partial charge on any atom is 0.00952 e. The molecular formula is C15H31N. The summed E-state index contributed by atoms with van der Waals surface area (Å²) >= 11 is 0. The van der Waals surface area contributed by atoms with Crippen LogP contribution < -0.4 is 5.32 Å². The van der Waals surface area contributed by atoms with Crippen LogP contribution in [0.3, 0.4) is 0 Å². The molecule has 0 aliphatic heterocycles. The van der Waals surface area contributed by atoms with E-state index in [1.54, 1.807) is 0 Å². The molecule has 0 spiro atoms. The van der Waals surface area contributed by atoms with Crippen molar-refractivity contribution in [1.29, 1.82) is 0 Å². The third-order valence-electron chi connectivity index (χ3n) is 3.78. The molecule has 0 aromatic carbocycles. The second-order valence-corrected chi connectivity index (χ2v) is 5.41. The summed E-state index contributed by atoms with van der Waals surface area (Å²) in [6.45, 7) is 5.68. The second kappa shape index (κ2) is 9.04. The molecule has 1 N–H and O–H groups in total. The van der Waals surface area contributed by atoms with Crippen molar-refractivity contribution in [2.75, 3.05) is 6.54 Å². The third kappa shape index (κ3) is 6.52. The highest BCUT2D eigenvalue weighted by Gasteiger charge is 2.29. The highest BCUT2D eigenvalue weighted by molar-refractivity contribution is 4.85. The van der Waals surface area contributed by atoms with E-state index in [4.69, 9.17) is 0 Å². The predicted octanol–water partition coefficient (Wildman–Crippen LogP) is 4.52. The van der Waals surface area contributed by atoms with Gasteiger partial charge >= 0.3 is 0 Å². The third-order valence-corrected chi connectivity index (χ3v) is 3.78. The van der Waals surface area contributed by atoms with E-state index in [1.807, 2.05) is 0 Å². The van der Waals surface area contributed by atoms with Crippen LogP contribution in [0.15, 0.2) is 0 Å². The van der Waals surface area contributed by atoms with Gasteiger partial charge in [0.15, 0.2) is 0 Å². The van der Waals surface area contributed by atoms with Gasteiger partial charge in [0.1, 0.15) is 0 Å². The van der Waals surface area contributed by atoms with Crippen LogP contribution in [0.4, 0.5) is 0 Å². The van der Waals surface area contributed by atoms with Crippen molar-refractivity contribution in [2.24, 2.45) is 5.92 Å². The van der Waals surface area contributed by atoms with Crippen LogP contribution in [0.1, 0.15) is 78.1 Å². The maximum absolute atomic E-state index is 3.66. The Hall–Kier alpha value is -0.0400. The number of nitrogens with one attached hydrogen (secondary N) is 1. The Morgan fingerprint density at radius 2 is 1.56 bits per heavy atom. The van der Waals surface area contributed by atoms with Crippen LogP contribution in [0.2, 0.25) is 0 Å². The van der Waals surface area contributed by atoms with E-state index in [0.717, 1.165) is 18.5 Å². The molecular weight excluding hydrogens is 194 g/mol. The molecule has 1 aliphatic carbocycles. The normalized spacial score (nSPS) is 17.6. The fourth-order valence-electron chi connectivity index (χ4n) is 2.59. The van der Waals surface area contributed by atoms with Gasteiger partial charge < -0.3 is 5.32 Å². The van der Waals surface area contributed by atoms with Crippen LogP contribution in [0, 0.1) is 5.92 Å². The molecule has 0 heterocycles. The zero-order valence-corrected chi connectivity index (χ0v) is 11.4. The van der Waals surface area contributed by atoms with E-state index in [-0.39, 0.29) is 0 Å². The second-order valence-electron chi connectivity index (χ2n) is 5.41. The van der Waals surface area contributed by atoms with Crippen molar-refractivity contribution in [1.82, 2.24) is 5.32 Å². The molecule has 0 radical (unpaired) electrons. The highest BCUT2D eigenvalue weighted by Crippen LogP contribution is 2.34. The predicted molar refractivity (Wildman–Crippen MR) is 72.8 cm³/mol. The Morgan fingerprint density at radius 3 is 2.12 bits per heavy atom. The average molecular weight is 225 g/mol. The molecule has 1 nitrogen and oxygen atoms in total. The van der Waals surface area contributed by atoms with Gasteiger partial charge in [-0.2, -0.15) is 0 Å². The Morgan fingerprint density at radius 1 is 0.938 bits per heavy atom. The largest absolute Gasteiger partial charge is 0.314 e. The van der Waals surface area contributed by atoms with Gasteiger partial charge in [-0.05, 0) is 31.7 Å². The number of hydrogen-bond donors (Lipinski definition) is 1. The lowest BCUT2D eigenvalue weighted by Gasteiger charge is -2.16. The first-order valence-electron chi connectivity index (χ1n) is 7.61. The van der Waals surface area contributed by atoms with Crippen molar-refractivity contribution in [3.8, 4) is 0 Å². The average Bonchev–Trinajstić information content (AvgIpc) is 3.10. The lowest BCUT2D eigenvalue weighted by Crippen LogP contribution is -2.30. The molecule has 1 atom stereocenters. The topological polar surface area (TPSA) is 12.0 Å². The summed E-state index contributed by atoms with van der Waals surface area (Å²) in [7, 11) is 0. The Bertz CT molecular complexity index is 152. The molecule has 1 heteroatoms. The summed E-state index contributed by atoms with van der Waals surface area (Å²) in [5.74, 6) is 1.03. The monoisotopic (exact) mass is 225 g/mol. The fraction of sp³-hybridized carbons (Fsp3) is 1.00. The summed E-state index contributed by atoms with van der Waals surface area (Å²) in [5, 5.41) is 3.66. The molecule has 0 saturated heterocycles. The minimum absolute atomic E-state index is 0.848. The van der Waals surface area contributed by atoms with Gasteiger partial charge in [-0.15, -0.1) is 0 Å². The molecule has 0 bridgehead atoms. The lowest BCUT2D eigenvalue weighted by molar-refractivity contribution is 0.422. The molecule has 96 valence electrons. The van der Waals surface area contributed by atoms with Crippen LogP contribution in [0.25, 0.3) is 0 Å². The summed E-state index contributed by atoms with van der Waals surface area (Å²) in [6.07, 6.45) is 14.5. The zero-order valence-electron chi connectivity index (χ0n) is 11.4. The van der Waals surface area contributed by atoms with Crippen LogP contribution in [-0.4, -0.2) is 12.6 Å². The first kappa shape index (κ1) is 14.0. The molecule has 1 saturated carbocycles. The standard InChI is InChI=1S/C15H31N/c1-3-5-6-7-8-9-10-11-15(16-4-2)14-12-13-14/h14-16H,3-13H2,1-2H3. The zero-order chi connectivity index (χ0) is 11.6. The van der Waals surface area contributed by atoms with Crippen molar-refractivity contribution >= 4 is 0 Å². The van der Waals surface area contributed by atoms with Gasteiger partial charge in [-0.25, -0.2) is 0 Å². The molecule has 0 aromatic heterocycles. The highest BCUT2D eigenvalue weighted by atomic mass is 14.9. The van der Waals surface area contributed by atoms with E-state index in [9.17, 15) is 0 Å². The lowest BCUT2D eigenvalue weighted by atomic mass is 10.0. The molecule has 0 aromatic rings. The fourth-order valence-corrected chi connectivity index (χ4v) is 2.59. The summed E-state index contributed by atoms with van der Waals surface area (Å²) in [4.78, 5) is 0. The smallest absolute Gasteiger partial charge is 0.00952 e. The van der Waals surface area contributed by atoms with Crippen molar-refractivity contribution in [3.05, 3.63) is 0 Å². The Kier molecular flexibility index (Phi) is 7.92. The molecule has 1 unspecified atom stereocenters. The van der Waals surface area contributed by atoms with E-state index in [1.165, 1.54) is 64.2 Å². The summed E-state index contributed by atoms with van der Waals surface area (Å²) < 4.78 is 0. The van der Waals surface area contributed by atoms with Gasteiger partial charge in [-0.3, -0.25) is 0 Å². The van der Waals surface area contributed by atoms with Gasteiger partial charge in [0.2, 0.25) is 0 Å². The Labute approximate surface area is 102 Å². The molecule has 16 heavy (non-hydrogen) atoms.